The van der Waals surface area contributed by atoms with Crippen LogP contribution in [0.3, 0.4) is 0 Å². The fraction of sp³-hybridized carbons (Fsp3) is 0.346. The Labute approximate surface area is 234 Å². The zero-order valence-electron chi connectivity index (χ0n) is 20.9. The third-order valence-corrected chi connectivity index (χ3v) is 7.69. The fourth-order valence-electron chi connectivity index (χ4n) is 4.04. The number of anilines is 1. The summed E-state index contributed by atoms with van der Waals surface area (Å²) < 4.78 is 14.5. The van der Waals surface area contributed by atoms with Crippen molar-refractivity contribution < 1.29 is 14.3 Å². The molecular formula is C26H29BrClN5O3S. The molecule has 0 fully saturated rings. The fourth-order valence-corrected chi connectivity index (χ4v) is 5.72. The van der Waals surface area contributed by atoms with E-state index in [0.717, 1.165) is 29.7 Å². The molecule has 0 aliphatic carbocycles. The van der Waals surface area contributed by atoms with Crippen LogP contribution in [0.15, 0.2) is 57.3 Å². The molecule has 8 nitrogen and oxygen atoms in total. The van der Waals surface area contributed by atoms with E-state index in [0.29, 0.717) is 50.0 Å². The first kappa shape index (κ1) is 27.3. The van der Waals surface area contributed by atoms with Gasteiger partial charge in [-0.25, -0.2) is 4.68 Å². The Morgan fingerprint density at radius 1 is 1.27 bits per heavy atom. The van der Waals surface area contributed by atoms with Gasteiger partial charge in [-0.3, -0.25) is 4.79 Å². The zero-order chi connectivity index (χ0) is 26.5. The van der Waals surface area contributed by atoms with Gasteiger partial charge >= 0.3 is 0 Å². The Bertz CT molecular complexity index is 1330. The van der Waals surface area contributed by atoms with Crippen molar-refractivity contribution in [3.63, 3.8) is 0 Å². The summed E-state index contributed by atoms with van der Waals surface area (Å²) in [4.78, 5) is 17.3. The number of aromatic nitrogens is 3. The van der Waals surface area contributed by atoms with E-state index in [1.54, 1.807) is 16.4 Å². The lowest BCUT2D eigenvalue weighted by Crippen LogP contribution is -2.32. The molecule has 2 heterocycles. The summed E-state index contributed by atoms with van der Waals surface area (Å²) in [6, 6.07) is 10.7. The molecule has 11 heteroatoms. The van der Waals surface area contributed by atoms with Gasteiger partial charge in [0.1, 0.15) is 12.6 Å². The van der Waals surface area contributed by atoms with Gasteiger partial charge in [0.2, 0.25) is 17.0 Å². The Morgan fingerprint density at radius 3 is 2.76 bits per heavy atom. The summed E-state index contributed by atoms with van der Waals surface area (Å²) in [5, 5.41) is 9.18. The quantitative estimate of drug-likeness (QED) is 0.194. The SMILES string of the molecule is CCCCSc1nc2n(n1)C(c1cc(Br)c(OCc3ccccc3Cl)c(OCC)c1)C(C(N)=O)=C(C)N2. The van der Waals surface area contributed by atoms with E-state index >= 15 is 0 Å². The molecule has 3 aromatic rings. The molecule has 1 aliphatic heterocycles. The van der Waals surface area contributed by atoms with Gasteiger partial charge in [-0.05, 0) is 60.0 Å². The molecule has 0 bridgehead atoms. The highest BCUT2D eigenvalue weighted by Crippen LogP contribution is 2.43. The van der Waals surface area contributed by atoms with Crippen molar-refractivity contribution in [2.24, 2.45) is 5.73 Å². The van der Waals surface area contributed by atoms with E-state index in [4.69, 9.17) is 31.9 Å². The zero-order valence-corrected chi connectivity index (χ0v) is 24.0. The molecule has 1 aliphatic rings. The van der Waals surface area contributed by atoms with Crippen molar-refractivity contribution >= 4 is 51.1 Å². The second-order valence-electron chi connectivity index (χ2n) is 8.44. The number of hydrogen-bond donors (Lipinski definition) is 2. The molecule has 1 atom stereocenters. The number of nitrogens with two attached hydrogens (primary N) is 1. The lowest BCUT2D eigenvalue weighted by molar-refractivity contribution is -0.115. The number of allylic oxidation sites excluding steroid dienone is 1. The summed E-state index contributed by atoms with van der Waals surface area (Å²) in [6.45, 7) is 6.55. The number of thioether (sulfide) groups is 1. The van der Waals surface area contributed by atoms with Crippen LogP contribution in [-0.2, 0) is 11.4 Å². The number of halogens is 2. The Hall–Kier alpha value is -2.69. The maximum atomic E-state index is 12.6. The van der Waals surface area contributed by atoms with E-state index in [1.165, 1.54) is 0 Å². The first-order valence-electron chi connectivity index (χ1n) is 12.0. The van der Waals surface area contributed by atoms with Crippen LogP contribution in [0.4, 0.5) is 5.95 Å². The molecule has 1 aromatic heterocycles. The second kappa shape index (κ2) is 12.2. The van der Waals surface area contributed by atoms with Crippen LogP contribution < -0.4 is 20.5 Å². The summed E-state index contributed by atoms with van der Waals surface area (Å²) in [5.74, 6) is 2.00. The van der Waals surface area contributed by atoms with Gasteiger partial charge in [0.15, 0.2) is 11.5 Å². The maximum absolute atomic E-state index is 12.6. The van der Waals surface area contributed by atoms with E-state index < -0.39 is 11.9 Å². The smallest absolute Gasteiger partial charge is 0.248 e. The van der Waals surface area contributed by atoms with Crippen molar-refractivity contribution in [3.05, 3.63) is 68.3 Å². The Kier molecular flexibility index (Phi) is 9.04. The number of hydrogen-bond acceptors (Lipinski definition) is 7. The minimum Gasteiger partial charge on any atom is -0.490 e. The molecule has 4 rings (SSSR count). The number of ether oxygens (including phenoxy) is 2. The van der Waals surface area contributed by atoms with Gasteiger partial charge in [0.05, 0.1) is 16.7 Å². The van der Waals surface area contributed by atoms with Gasteiger partial charge in [-0.15, -0.1) is 5.10 Å². The number of nitrogens with one attached hydrogen (secondary N) is 1. The molecule has 0 saturated carbocycles. The van der Waals surface area contributed by atoms with Gasteiger partial charge < -0.3 is 20.5 Å². The molecule has 1 amide bonds. The van der Waals surface area contributed by atoms with Gasteiger partial charge in [0.25, 0.3) is 0 Å². The van der Waals surface area contributed by atoms with Crippen LogP contribution in [0.25, 0.3) is 0 Å². The van der Waals surface area contributed by atoms with E-state index in [-0.39, 0.29) is 6.61 Å². The average molecular weight is 607 g/mol. The first-order chi connectivity index (χ1) is 17.8. The Balaban J connectivity index is 1.74. The minimum atomic E-state index is -0.588. The monoisotopic (exact) mass is 605 g/mol. The van der Waals surface area contributed by atoms with Crippen LogP contribution in [0.2, 0.25) is 5.02 Å². The number of amides is 1. The number of unbranched alkanes of at least 4 members (excludes halogenated alkanes) is 1. The van der Waals surface area contributed by atoms with E-state index in [2.05, 4.69) is 33.2 Å². The summed E-state index contributed by atoms with van der Waals surface area (Å²) in [6.07, 6.45) is 2.16. The lowest BCUT2D eigenvalue weighted by atomic mass is 9.95. The highest BCUT2D eigenvalue weighted by atomic mass is 79.9. The van der Waals surface area contributed by atoms with Crippen LogP contribution >= 0.6 is 39.3 Å². The predicted molar refractivity (Wildman–Crippen MR) is 150 cm³/mol. The molecule has 1 unspecified atom stereocenters. The van der Waals surface area contributed by atoms with Crippen LogP contribution in [0, 0.1) is 0 Å². The molecule has 2 aromatic carbocycles. The number of benzene rings is 2. The molecule has 0 spiro atoms. The minimum absolute atomic E-state index is 0.266. The molecule has 196 valence electrons. The van der Waals surface area contributed by atoms with Crippen LogP contribution in [0.1, 0.15) is 50.8 Å². The molecule has 0 radical (unpaired) electrons. The van der Waals surface area contributed by atoms with E-state index in [1.807, 2.05) is 50.2 Å². The van der Waals surface area contributed by atoms with Crippen molar-refractivity contribution in [3.8, 4) is 11.5 Å². The number of nitrogens with zero attached hydrogens (tertiary/aromatic N) is 3. The number of primary amides is 1. The highest BCUT2D eigenvalue weighted by molar-refractivity contribution is 9.10. The topological polar surface area (TPSA) is 104 Å². The molecule has 3 N–H and O–H groups in total. The number of fused-ring (bicyclic) bond motifs is 1. The van der Waals surface area contributed by atoms with Gasteiger partial charge in [-0.1, -0.05) is 54.9 Å². The number of carbonyl (C=O) groups is 1. The number of rotatable bonds is 11. The maximum Gasteiger partial charge on any atom is 0.248 e. The van der Waals surface area contributed by atoms with E-state index in [9.17, 15) is 4.79 Å². The molecule has 37 heavy (non-hydrogen) atoms. The predicted octanol–water partition coefficient (Wildman–Crippen LogP) is 6.34. The van der Waals surface area contributed by atoms with Gasteiger partial charge in [0, 0.05) is 22.0 Å². The largest absolute Gasteiger partial charge is 0.490 e. The van der Waals surface area contributed by atoms with Crippen LogP contribution in [0.5, 0.6) is 11.5 Å². The summed E-state index contributed by atoms with van der Waals surface area (Å²) >= 11 is 11.5. The van der Waals surface area contributed by atoms with Crippen molar-refractivity contribution in [2.45, 2.75) is 51.4 Å². The number of carbonyl (C=O) groups excluding carboxylic acids is 1. The molecule has 0 saturated heterocycles. The summed E-state index contributed by atoms with van der Waals surface area (Å²) in [7, 11) is 0. The standard InChI is InChI=1S/C26H29BrClN5O3S/c1-4-6-11-37-26-31-25-30-15(3)21(24(29)34)22(33(25)32-26)17-12-18(27)23(20(13-17)35-5-2)36-14-16-9-7-8-10-19(16)28/h7-10,12-13,22H,4-6,11,14H2,1-3H3,(H2,29,34)(H,30,31,32). The van der Waals surface area contributed by atoms with Crippen molar-refractivity contribution in [1.29, 1.82) is 0 Å². The second-order valence-corrected chi connectivity index (χ2v) is 10.8. The molecular weight excluding hydrogens is 578 g/mol. The lowest BCUT2D eigenvalue weighted by Gasteiger charge is -2.28. The van der Waals surface area contributed by atoms with Gasteiger partial charge in [-0.2, -0.15) is 4.98 Å². The third-order valence-electron chi connectivity index (χ3n) is 5.80. The summed E-state index contributed by atoms with van der Waals surface area (Å²) in [5.41, 5.74) is 8.51. The first-order valence-corrected chi connectivity index (χ1v) is 14.2. The average Bonchev–Trinajstić information content (AvgIpc) is 3.25. The van der Waals surface area contributed by atoms with Crippen LogP contribution in [-0.4, -0.2) is 33.0 Å². The normalized spacial score (nSPS) is 14.8. The highest BCUT2D eigenvalue weighted by Gasteiger charge is 2.34. The van der Waals surface area contributed by atoms with Crippen molar-refractivity contribution in [1.82, 2.24) is 14.8 Å². The Morgan fingerprint density at radius 2 is 2.05 bits per heavy atom. The third kappa shape index (κ3) is 6.08. The van der Waals surface area contributed by atoms with Crippen molar-refractivity contribution in [2.75, 3.05) is 17.7 Å².